The number of hydrogen-bond donors (Lipinski definition) is 3. The minimum atomic E-state index is -0.562. The second-order valence-corrected chi connectivity index (χ2v) is 39.3. The van der Waals surface area contributed by atoms with Crippen LogP contribution in [0.1, 0.15) is 504 Å². The average molecular weight is 1970 g/mol. The summed E-state index contributed by atoms with van der Waals surface area (Å²) in [5, 5.41) is 29.5. The number of benzene rings is 6. The topological polar surface area (TPSA) is 288 Å². The Labute approximate surface area is 855 Å². The summed E-state index contributed by atoms with van der Waals surface area (Å²) in [5.74, 6) is 2.47. The van der Waals surface area contributed by atoms with Crippen LogP contribution < -0.4 is 14.2 Å². The Morgan fingerprint density at radius 1 is 0.197 bits per heavy atom. The summed E-state index contributed by atoms with van der Waals surface area (Å²) in [5.41, 5.74) is 7.82. The lowest BCUT2D eigenvalue weighted by Crippen LogP contribution is -2.13. The van der Waals surface area contributed by atoms with Crippen LogP contribution in [-0.4, -0.2) is 95.5 Å². The van der Waals surface area contributed by atoms with E-state index in [2.05, 4.69) is 105 Å². The summed E-state index contributed by atoms with van der Waals surface area (Å²) in [6.07, 6.45) is 63.3. The van der Waals surface area contributed by atoms with Crippen LogP contribution in [-0.2, 0) is 66.8 Å². The average Bonchev–Trinajstić information content (AvgIpc) is 0.877. The van der Waals surface area contributed by atoms with Gasteiger partial charge in [-0.3, -0.25) is 43.2 Å². The van der Waals surface area contributed by atoms with Crippen LogP contribution in [0.4, 0.5) is 0 Å². The third-order valence-electron chi connectivity index (χ3n) is 27.0. The minimum absolute atomic E-state index is 0.0935. The third-order valence-corrected chi connectivity index (χ3v) is 27.0. The second-order valence-electron chi connectivity index (χ2n) is 39.3. The number of unbranched alkanes of at least 4 members (excludes halogenated alkanes) is 34. The highest BCUT2D eigenvalue weighted by atomic mass is 16.6. The van der Waals surface area contributed by atoms with Crippen molar-refractivity contribution in [2.75, 3.05) is 26.4 Å². The van der Waals surface area contributed by atoms with Gasteiger partial charge in [-0.25, -0.2) is 0 Å². The number of phenolic OH excluding ortho intramolecular Hbond substituents is 3. The quantitative estimate of drug-likeness (QED) is 0.0105. The van der Waals surface area contributed by atoms with Crippen LogP contribution in [0, 0.1) is 0 Å². The molecule has 0 saturated carbocycles. The lowest BCUT2D eigenvalue weighted by molar-refractivity contribution is -0.156. The van der Waals surface area contributed by atoms with Crippen molar-refractivity contribution in [1.82, 2.24) is 0 Å². The van der Waals surface area contributed by atoms with Crippen LogP contribution in [0.2, 0.25) is 0 Å². The van der Waals surface area contributed by atoms with E-state index in [-0.39, 0.29) is 68.2 Å². The number of esters is 9. The zero-order chi connectivity index (χ0) is 103. The molecule has 6 aromatic rings. The van der Waals surface area contributed by atoms with Gasteiger partial charge in [0.2, 0.25) is 0 Å². The normalized spacial score (nSPS) is 12.3. The Morgan fingerprint density at radius 2 is 0.352 bits per heavy atom. The standard InChI is InChI=1S/C62H92O10.C56H86O7.C4H6O3/c1-6-8-10-11-16-22-28-52(55-35-41-58(42-36-55)70-49(3)63)29-23-17-12-14-19-25-31-61(66)68-47-48-69-62(67)32-26-20-15-13-18-24-30-54(57-39-45-60(46-40-57)72-51(5)65)34-33-53(27-21-9-7-2)56-37-43-59(44-38-56)71-50(4)64;1-3-5-7-8-13-19-25-46(49-32-38-52(57)39-33-49)26-20-14-9-11-16-22-28-55(60)62-44-45-63-56(61)29-23-17-12-10-15-21-27-48(51-36-42-54(59)43-37-51)31-30-47(24-18-6-4-2)50-34-40-53(58)41-35-50;1-3(5)7-4(2)6/h35-46,52-54H,6-34,47-48H2,1-5H3;32-43,46-48,57-59H,3-31,44-45H2,1-2H3;1-2H3. The summed E-state index contributed by atoms with van der Waals surface area (Å²) in [7, 11) is 0. The first-order valence-corrected chi connectivity index (χ1v) is 55.4. The zero-order valence-electron chi connectivity index (χ0n) is 88.9. The molecule has 20 nitrogen and oxygen atoms in total. The highest BCUT2D eigenvalue weighted by Gasteiger charge is 2.23. The number of hydrogen-bond acceptors (Lipinski definition) is 20. The predicted octanol–water partition coefficient (Wildman–Crippen LogP) is 32.5. The lowest BCUT2D eigenvalue weighted by atomic mass is 9.82. The molecule has 6 unspecified atom stereocenters. The largest absolute Gasteiger partial charge is 0.508 e. The number of aromatic hydroxyl groups is 3. The van der Waals surface area contributed by atoms with E-state index < -0.39 is 11.9 Å². The fourth-order valence-corrected chi connectivity index (χ4v) is 19.0. The molecule has 0 aliphatic rings. The van der Waals surface area contributed by atoms with Gasteiger partial charge in [-0.1, -0.05) is 344 Å². The van der Waals surface area contributed by atoms with Gasteiger partial charge in [-0.05, 0) is 244 Å². The van der Waals surface area contributed by atoms with E-state index in [4.69, 9.17) is 33.2 Å². The summed E-state index contributed by atoms with van der Waals surface area (Å²) in [6.45, 7) is 16.0. The molecule has 0 heterocycles. The Balaban J connectivity index is 0.000000558. The van der Waals surface area contributed by atoms with Gasteiger partial charge < -0.3 is 53.2 Å². The van der Waals surface area contributed by atoms with E-state index in [1.807, 2.05) is 60.7 Å². The molecule has 0 saturated heterocycles. The molecule has 3 N–H and O–H groups in total. The number of rotatable bonds is 79. The highest BCUT2D eigenvalue weighted by Crippen LogP contribution is 2.40. The summed E-state index contributed by atoms with van der Waals surface area (Å²) in [4.78, 5) is 103. The second kappa shape index (κ2) is 81.5. The van der Waals surface area contributed by atoms with Crippen LogP contribution >= 0.6 is 0 Å². The van der Waals surface area contributed by atoms with E-state index >= 15 is 0 Å². The number of ether oxygens (including phenoxy) is 8. The van der Waals surface area contributed by atoms with Gasteiger partial charge in [-0.2, -0.15) is 0 Å². The van der Waals surface area contributed by atoms with Gasteiger partial charge in [0.05, 0.1) is 0 Å². The monoisotopic (exact) mass is 1970 g/mol. The van der Waals surface area contributed by atoms with Gasteiger partial charge in [0, 0.05) is 60.3 Å². The van der Waals surface area contributed by atoms with Crippen LogP contribution in [0.5, 0.6) is 34.5 Å². The first-order chi connectivity index (χ1) is 68.9. The van der Waals surface area contributed by atoms with Crippen molar-refractivity contribution >= 4 is 53.7 Å². The Hall–Kier alpha value is -9.85. The molecule has 6 atom stereocenters. The number of phenols is 3. The molecular formula is C122H184O20. The Morgan fingerprint density at radius 3 is 0.528 bits per heavy atom. The van der Waals surface area contributed by atoms with E-state index in [0.717, 1.165) is 180 Å². The van der Waals surface area contributed by atoms with Crippen molar-refractivity contribution in [3.05, 3.63) is 179 Å². The van der Waals surface area contributed by atoms with Crippen molar-refractivity contribution in [2.24, 2.45) is 0 Å². The molecule has 0 aliphatic carbocycles. The zero-order valence-corrected chi connectivity index (χ0v) is 88.9. The summed E-state index contributed by atoms with van der Waals surface area (Å²) in [6, 6.07) is 47.4. The maximum atomic E-state index is 12.4. The molecule has 6 rings (SSSR count). The van der Waals surface area contributed by atoms with Gasteiger partial charge >= 0.3 is 53.7 Å². The maximum absolute atomic E-state index is 12.4. The fourth-order valence-electron chi connectivity index (χ4n) is 19.0. The number of carbonyl (C=O) groups excluding carboxylic acids is 9. The molecule has 0 aromatic heterocycles. The van der Waals surface area contributed by atoms with Crippen molar-refractivity contribution in [2.45, 2.75) is 470 Å². The van der Waals surface area contributed by atoms with Crippen LogP contribution in [0.25, 0.3) is 0 Å². The van der Waals surface area contributed by atoms with E-state index in [0.29, 0.717) is 95.7 Å². The third kappa shape index (κ3) is 64.0. The van der Waals surface area contributed by atoms with E-state index in [1.165, 1.54) is 235 Å². The van der Waals surface area contributed by atoms with Crippen LogP contribution in [0.3, 0.4) is 0 Å². The van der Waals surface area contributed by atoms with Crippen LogP contribution in [0.15, 0.2) is 146 Å². The lowest BCUT2D eigenvalue weighted by Gasteiger charge is -2.23. The van der Waals surface area contributed by atoms with Crippen molar-refractivity contribution in [3.8, 4) is 34.5 Å². The SMILES string of the molecule is CC(=O)OC(C)=O.CCCCCCCCC(CCCCCCCCC(=O)OCCOC(=O)CCCCCCCCC(CCC(CCCCC)c1ccc(O)cc1)c1ccc(O)cc1)c1ccc(O)cc1.CCCCCCCCC(CCCCCCCCC(=O)OCCOC(=O)CCCCCCCCC(CCC(CCCCC)c1ccc(OC(C)=O)cc1)c1ccc(OC(C)=O)cc1)c1ccc(OC(C)=O)cc1. The summed E-state index contributed by atoms with van der Waals surface area (Å²) < 4.78 is 41.2. The molecule has 0 radical (unpaired) electrons. The molecule has 792 valence electrons. The Bertz CT molecular complexity index is 4240. The van der Waals surface area contributed by atoms with Crippen molar-refractivity contribution in [3.63, 3.8) is 0 Å². The maximum Gasteiger partial charge on any atom is 0.310 e. The molecular weight excluding hydrogens is 1790 g/mol. The van der Waals surface area contributed by atoms with Gasteiger partial charge in [0.25, 0.3) is 0 Å². The fraction of sp³-hybridized carbons (Fsp3) is 0.631. The van der Waals surface area contributed by atoms with E-state index in [9.17, 15) is 58.5 Å². The van der Waals surface area contributed by atoms with Crippen molar-refractivity contribution < 1.29 is 96.4 Å². The van der Waals surface area contributed by atoms with Gasteiger partial charge in [0.1, 0.15) is 60.9 Å². The van der Waals surface area contributed by atoms with Gasteiger partial charge in [-0.15, -0.1) is 0 Å². The molecule has 0 spiro atoms. The van der Waals surface area contributed by atoms with Gasteiger partial charge in [0.15, 0.2) is 0 Å². The number of carbonyl (C=O) groups is 9. The Kier molecular flexibility index (Phi) is 71.4. The molecule has 0 fully saturated rings. The molecule has 0 bridgehead atoms. The van der Waals surface area contributed by atoms with E-state index in [1.54, 1.807) is 12.1 Å². The molecule has 142 heavy (non-hydrogen) atoms. The first kappa shape index (κ1) is 124. The minimum Gasteiger partial charge on any atom is -0.508 e. The molecule has 20 heteroatoms. The smallest absolute Gasteiger partial charge is 0.310 e. The summed E-state index contributed by atoms with van der Waals surface area (Å²) >= 11 is 0. The first-order valence-electron chi connectivity index (χ1n) is 55.4. The molecule has 0 aliphatic heterocycles. The molecule has 0 amide bonds. The van der Waals surface area contributed by atoms with Crippen molar-refractivity contribution in [1.29, 1.82) is 0 Å². The predicted molar refractivity (Wildman–Crippen MR) is 571 cm³/mol. The highest BCUT2D eigenvalue weighted by molar-refractivity contribution is 5.82. The molecule has 6 aromatic carbocycles.